The van der Waals surface area contributed by atoms with Crippen molar-refractivity contribution in [2.24, 2.45) is 0 Å². The summed E-state index contributed by atoms with van der Waals surface area (Å²) < 4.78 is 0. The maximum Gasteiger partial charge on any atom is 0.137 e. The lowest BCUT2D eigenvalue weighted by Crippen LogP contribution is -2.24. The first-order valence-corrected chi connectivity index (χ1v) is 5.21. The van der Waals surface area contributed by atoms with Gasteiger partial charge >= 0.3 is 0 Å². The summed E-state index contributed by atoms with van der Waals surface area (Å²) in [5, 5.41) is 19.0. The average molecular weight is 224 g/mol. The van der Waals surface area contributed by atoms with E-state index in [-0.39, 0.29) is 0 Å². The average Bonchev–Trinajstić information content (AvgIpc) is 2.53. The number of rotatable bonds is 1. The standard InChI is InChI=1S/C10H16N4O2/c1-5-9(11)12-6(2)13-10(5)14-3-7(15)8(16)4-14/h7-8,15-16H,3-4H2,1-2H3,(H2,11,12,13). The SMILES string of the molecule is Cc1nc(N)c(C)c(N2CC(O)C(O)C2)n1. The quantitative estimate of drug-likeness (QED) is 0.579. The fourth-order valence-electron chi connectivity index (χ4n) is 1.89. The van der Waals surface area contributed by atoms with Crippen LogP contribution in [0.3, 0.4) is 0 Å². The molecule has 0 aliphatic carbocycles. The van der Waals surface area contributed by atoms with Crippen LogP contribution in [0.25, 0.3) is 0 Å². The van der Waals surface area contributed by atoms with Crippen molar-refractivity contribution in [1.82, 2.24) is 9.97 Å². The van der Waals surface area contributed by atoms with Crippen molar-refractivity contribution in [3.05, 3.63) is 11.4 Å². The van der Waals surface area contributed by atoms with Crippen molar-refractivity contribution in [3.63, 3.8) is 0 Å². The van der Waals surface area contributed by atoms with Gasteiger partial charge in [-0.1, -0.05) is 0 Å². The third-order valence-corrected chi connectivity index (χ3v) is 2.83. The molecule has 2 unspecified atom stereocenters. The lowest BCUT2D eigenvalue weighted by atomic mass is 10.3. The van der Waals surface area contributed by atoms with Gasteiger partial charge in [-0.3, -0.25) is 0 Å². The molecule has 1 aliphatic heterocycles. The number of hydrogen-bond acceptors (Lipinski definition) is 6. The Balaban J connectivity index is 2.34. The minimum Gasteiger partial charge on any atom is -0.389 e. The zero-order valence-corrected chi connectivity index (χ0v) is 9.38. The van der Waals surface area contributed by atoms with Crippen molar-refractivity contribution in [2.45, 2.75) is 26.1 Å². The maximum atomic E-state index is 9.49. The van der Waals surface area contributed by atoms with Gasteiger partial charge in [-0.2, -0.15) is 0 Å². The highest BCUT2D eigenvalue weighted by Gasteiger charge is 2.31. The number of aromatic nitrogens is 2. The molecule has 6 nitrogen and oxygen atoms in total. The predicted octanol–water partition coefficient (Wildman–Crippen LogP) is -0.783. The zero-order valence-electron chi connectivity index (χ0n) is 9.38. The van der Waals surface area contributed by atoms with E-state index in [1.165, 1.54) is 0 Å². The molecule has 0 bridgehead atoms. The molecule has 1 saturated heterocycles. The molecule has 0 aromatic carbocycles. The first-order valence-electron chi connectivity index (χ1n) is 5.21. The van der Waals surface area contributed by atoms with Crippen molar-refractivity contribution in [3.8, 4) is 0 Å². The number of β-amino-alcohol motifs (C(OH)–C–C–N with tert-alkyl or cyclic N) is 2. The maximum absolute atomic E-state index is 9.49. The molecule has 0 radical (unpaired) electrons. The highest BCUT2D eigenvalue weighted by Crippen LogP contribution is 2.25. The third kappa shape index (κ3) is 1.81. The molecular weight excluding hydrogens is 208 g/mol. The summed E-state index contributed by atoms with van der Waals surface area (Å²) in [5.74, 6) is 1.73. The van der Waals surface area contributed by atoms with Crippen LogP contribution in [0.15, 0.2) is 0 Å². The van der Waals surface area contributed by atoms with E-state index in [9.17, 15) is 10.2 Å². The van der Waals surface area contributed by atoms with Crippen LogP contribution in [0.5, 0.6) is 0 Å². The van der Waals surface area contributed by atoms with Gasteiger partial charge in [0.2, 0.25) is 0 Å². The Bertz CT molecular complexity index is 400. The van der Waals surface area contributed by atoms with E-state index in [1.54, 1.807) is 6.92 Å². The van der Waals surface area contributed by atoms with Gasteiger partial charge in [-0.15, -0.1) is 0 Å². The van der Waals surface area contributed by atoms with E-state index in [1.807, 2.05) is 11.8 Å². The molecule has 2 atom stereocenters. The number of nitrogens with zero attached hydrogens (tertiary/aromatic N) is 3. The molecule has 2 heterocycles. The van der Waals surface area contributed by atoms with Gasteiger partial charge in [0.1, 0.15) is 17.5 Å². The van der Waals surface area contributed by atoms with Gasteiger partial charge in [0, 0.05) is 18.7 Å². The van der Waals surface area contributed by atoms with E-state index >= 15 is 0 Å². The lowest BCUT2D eigenvalue weighted by molar-refractivity contribution is 0.0572. The lowest BCUT2D eigenvalue weighted by Gasteiger charge is -2.19. The van der Waals surface area contributed by atoms with Gasteiger partial charge < -0.3 is 20.8 Å². The van der Waals surface area contributed by atoms with Crippen molar-refractivity contribution in [2.75, 3.05) is 23.7 Å². The molecule has 0 amide bonds. The van der Waals surface area contributed by atoms with E-state index in [0.717, 1.165) is 5.56 Å². The van der Waals surface area contributed by atoms with Crippen LogP contribution in [-0.4, -0.2) is 45.5 Å². The second-order valence-corrected chi connectivity index (χ2v) is 4.14. The second kappa shape index (κ2) is 3.88. The number of aryl methyl sites for hydroxylation is 1. The Hall–Kier alpha value is -1.40. The predicted molar refractivity (Wildman–Crippen MR) is 60.1 cm³/mol. The molecule has 0 spiro atoms. The Morgan fingerprint density at radius 3 is 2.31 bits per heavy atom. The molecule has 0 saturated carbocycles. The monoisotopic (exact) mass is 224 g/mol. The summed E-state index contributed by atoms with van der Waals surface area (Å²) in [7, 11) is 0. The molecule has 6 heteroatoms. The van der Waals surface area contributed by atoms with Gasteiger partial charge in [0.15, 0.2) is 0 Å². The first kappa shape index (κ1) is 11.1. The van der Waals surface area contributed by atoms with Crippen molar-refractivity contribution < 1.29 is 10.2 Å². The summed E-state index contributed by atoms with van der Waals surface area (Å²) in [6, 6.07) is 0. The topological polar surface area (TPSA) is 95.5 Å². The molecule has 16 heavy (non-hydrogen) atoms. The number of aliphatic hydroxyl groups is 2. The summed E-state index contributed by atoms with van der Waals surface area (Å²) in [6.45, 7) is 4.35. The summed E-state index contributed by atoms with van der Waals surface area (Å²) in [6.07, 6.45) is -1.45. The van der Waals surface area contributed by atoms with Crippen molar-refractivity contribution in [1.29, 1.82) is 0 Å². The Kier molecular flexibility index (Phi) is 2.69. The normalized spacial score (nSPS) is 25.1. The van der Waals surface area contributed by atoms with Crippen LogP contribution in [0.1, 0.15) is 11.4 Å². The Labute approximate surface area is 93.7 Å². The molecule has 1 aromatic rings. The third-order valence-electron chi connectivity index (χ3n) is 2.83. The van der Waals surface area contributed by atoms with Crippen LogP contribution in [0, 0.1) is 13.8 Å². The highest BCUT2D eigenvalue weighted by molar-refractivity contribution is 5.57. The van der Waals surface area contributed by atoms with Crippen LogP contribution in [-0.2, 0) is 0 Å². The van der Waals surface area contributed by atoms with E-state index in [0.29, 0.717) is 30.5 Å². The molecule has 1 fully saturated rings. The van der Waals surface area contributed by atoms with Crippen LogP contribution in [0.4, 0.5) is 11.6 Å². The van der Waals surface area contributed by atoms with E-state index < -0.39 is 12.2 Å². The van der Waals surface area contributed by atoms with E-state index in [4.69, 9.17) is 5.73 Å². The number of nitrogen functional groups attached to an aromatic ring is 1. The smallest absolute Gasteiger partial charge is 0.137 e. The Morgan fingerprint density at radius 2 is 1.75 bits per heavy atom. The molecule has 1 aromatic heterocycles. The van der Waals surface area contributed by atoms with Gasteiger partial charge in [-0.05, 0) is 13.8 Å². The summed E-state index contributed by atoms with van der Waals surface area (Å²) in [5.41, 5.74) is 6.54. The summed E-state index contributed by atoms with van der Waals surface area (Å²) >= 11 is 0. The summed E-state index contributed by atoms with van der Waals surface area (Å²) in [4.78, 5) is 10.2. The molecular formula is C10H16N4O2. The van der Waals surface area contributed by atoms with Crippen LogP contribution in [0.2, 0.25) is 0 Å². The molecule has 1 aliphatic rings. The molecule has 2 rings (SSSR count). The molecule has 88 valence electrons. The van der Waals surface area contributed by atoms with Gasteiger partial charge in [-0.25, -0.2) is 9.97 Å². The fourth-order valence-corrected chi connectivity index (χ4v) is 1.89. The van der Waals surface area contributed by atoms with Gasteiger partial charge in [0.05, 0.1) is 12.2 Å². The number of hydrogen-bond donors (Lipinski definition) is 3. The number of aliphatic hydroxyl groups excluding tert-OH is 2. The second-order valence-electron chi connectivity index (χ2n) is 4.14. The highest BCUT2D eigenvalue weighted by atomic mass is 16.3. The van der Waals surface area contributed by atoms with Crippen LogP contribution < -0.4 is 10.6 Å². The van der Waals surface area contributed by atoms with Crippen LogP contribution >= 0.6 is 0 Å². The minimum atomic E-state index is -0.726. The fraction of sp³-hybridized carbons (Fsp3) is 0.600. The van der Waals surface area contributed by atoms with Crippen molar-refractivity contribution >= 4 is 11.6 Å². The zero-order chi connectivity index (χ0) is 11.9. The van der Waals surface area contributed by atoms with E-state index in [2.05, 4.69) is 9.97 Å². The number of nitrogens with two attached hydrogens (primary N) is 1. The van der Waals surface area contributed by atoms with Gasteiger partial charge in [0.25, 0.3) is 0 Å². The Morgan fingerprint density at radius 1 is 1.19 bits per heavy atom. The molecule has 4 N–H and O–H groups in total. The first-order chi connectivity index (χ1) is 7.49. The largest absolute Gasteiger partial charge is 0.389 e. The minimum absolute atomic E-state index is 0.373. The number of anilines is 2.